The first-order valence-electron chi connectivity index (χ1n) is 7.18. The molecule has 0 radical (unpaired) electrons. The number of rotatable bonds is 7. The number of hydrogen-bond acceptors (Lipinski definition) is 5. The van der Waals surface area contributed by atoms with Gasteiger partial charge in [0.2, 0.25) is 5.88 Å². The van der Waals surface area contributed by atoms with Crippen LogP contribution < -0.4 is 10.1 Å². The fourth-order valence-electron chi connectivity index (χ4n) is 2.03. The summed E-state index contributed by atoms with van der Waals surface area (Å²) in [6.07, 6.45) is 5.51. The van der Waals surface area contributed by atoms with Gasteiger partial charge >= 0.3 is 0 Å². The van der Waals surface area contributed by atoms with E-state index >= 15 is 0 Å². The Balaban J connectivity index is 2.26. The number of anilines is 1. The summed E-state index contributed by atoms with van der Waals surface area (Å²) in [4.78, 5) is 9.83. The highest BCUT2D eigenvalue weighted by molar-refractivity contribution is 7.98. The Morgan fingerprint density at radius 3 is 2.52 bits per heavy atom. The van der Waals surface area contributed by atoms with Gasteiger partial charge in [-0.1, -0.05) is 13.3 Å². The minimum absolute atomic E-state index is 0.639. The van der Waals surface area contributed by atoms with Gasteiger partial charge in [0.1, 0.15) is 17.9 Å². The number of thioether (sulfide) groups is 1. The third-order valence-corrected chi connectivity index (χ3v) is 3.77. The van der Waals surface area contributed by atoms with Crippen molar-refractivity contribution in [1.82, 2.24) is 9.97 Å². The molecule has 5 heteroatoms. The maximum Gasteiger partial charge on any atom is 0.227 e. The topological polar surface area (TPSA) is 47.0 Å². The summed E-state index contributed by atoms with van der Waals surface area (Å²) in [5.41, 5.74) is 1.04. The minimum Gasteiger partial charge on any atom is -0.439 e. The standard InChI is InChI=1S/C16H21N3OS/c1-4-6-14-15(17-5-2)18-11-19-16(14)20-12-7-9-13(21-3)10-8-12/h7-11H,4-6H2,1-3H3,(H,17,18,19). The molecule has 0 amide bonds. The molecule has 0 atom stereocenters. The van der Waals surface area contributed by atoms with Crippen LogP contribution in [0.15, 0.2) is 35.5 Å². The summed E-state index contributed by atoms with van der Waals surface area (Å²) in [6.45, 7) is 5.02. The lowest BCUT2D eigenvalue weighted by molar-refractivity contribution is 0.454. The molecule has 2 aromatic rings. The van der Waals surface area contributed by atoms with Crippen LogP contribution in [0.25, 0.3) is 0 Å². The molecular weight excluding hydrogens is 282 g/mol. The summed E-state index contributed by atoms with van der Waals surface area (Å²) in [6, 6.07) is 8.03. The summed E-state index contributed by atoms with van der Waals surface area (Å²) in [7, 11) is 0. The first kappa shape index (κ1) is 15.6. The van der Waals surface area contributed by atoms with E-state index in [0.29, 0.717) is 5.88 Å². The molecule has 4 nitrogen and oxygen atoms in total. The lowest BCUT2D eigenvalue weighted by Gasteiger charge is -2.13. The Kier molecular flexibility index (Phi) is 5.87. The van der Waals surface area contributed by atoms with Gasteiger partial charge in [0.15, 0.2) is 0 Å². The van der Waals surface area contributed by atoms with E-state index in [9.17, 15) is 0 Å². The number of nitrogens with one attached hydrogen (secondary N) is 1. The maximum atomic E-state index is 5.95. The van der Waals surface area contributed by atoms with Crippen LogP contribution in [0.5, 0.6) is 11.6 Å². The lowest BCUT2D eigenvalue weighted by Crippen LogP contribution is -2.06. The highest BCUT2D eigenvalue weighted by Crippen LogP contribution is 2.29. The van der Waals surface area contributed by atoms with Gasteiger partial charge < -0.3 is 10.1 Å². The van der Waals surface area contributed by atoms with Gasteiger partial charge in [-0.2, -0.15) is 0 Å². The van der Waals surface area contributed by atoms with Crippen LogP contribution in [0.4, 0.5) is 5.82 Å². The second-order valence-corrected chi connectivity index (χ2v) is 5.44. The fourth-order valence-corrected chi connectivity index (χ4v) is 2.44. The number of aromatic nitrogens is 2. The Bertz CT molecular complexity index is 572. The lowest BCUT2D eigenvalue weighted by atomic mass is 10.1. The zero-order valence-electron chi connectivity index (χ0n) is 12.7. The second-order valence-electron chi connectivity index (χ2n) is 4.56. The molecule has 0 unspecified atom stereocenters. The zero-order valence-corrected chi connectivity index (χ0v) is 13.5. The van der Waals surface area contributed by atoms with Gasteiger partial charge in [0.25, 0.3) is 0 Å². The molecule has 1 aromatic heterocycles. The molecule has 0 saturated heterocycles. The van der Waals surface area contributed by atoms with E-state index in [1.54, 1.807) is 18.1 Å². The molecule has 1 N–H and O–H groups in total. The predicted octanol–water partition coefficient (Wildman–Crippen LogP) is 4.38. The first-order chi connectivity index (χ1) is 10.3. The SMILES string of the molecule is CCCc1c(NCC)ncnc1Oc1ccc(SC)cc1. The van der Waals surface area contributed by atoms with Gasteiger partial charge in [-0.15, -0.1) is 11.8 Å². The van der Waals surface area contributed by atoms with E-state index in [-0.39, 0.29) is 0 Å². The van der Waals surface area contributed by atoms with E-state index in [1.807, 2.05) is 24.3 Å². The summed E-state index contributed by atoms with van der Waals surface area (Å²) < 4.78 is 5.95. The van der Waals surface area contributed by atoms with Gasteiger partial charge in [0, 0.05) is 11.4 Å². The number of hydrogen-bond donors (Lipinski definition) is 1. The quantitative estimate of drug-likeness (QED) is 0.769. The van der Waals surface area contributed by atoms with Crippen molar-refractivity contribution in [2.24, 2.45) is 0 Å². The van der Waals surface area contributed by atoms with Crippen molar-refractivity contribution in [1.29, 1.82) is 0 Å². The normalized spacial score (nSPS) is 10.4. The van der Waals surface area contributed by atoms with Gasteiger partial charge in [-0.25, -0.2) is 9.97 Å². The van der Waals surface area contributed by atoms with Gasteiger partial charge in [-0.05, 0) is 43.9 Å². The summed E-state index contributed by atoms with van der Waals surface area (Å²) in [5.74, 6) is 2.30. The molecule has 2 rings (SSSR count). The van der Waals surface area contributed by atoms with Crippen LogP contribution in [0.3, 0.4) is 0 Å². The zero-order chi connectivity index (χ0) is 15.1. The third-order valence-electron chi connectivity index (χ3n) is 3.02. The van der Waals surface area contributed by atoms with Crippen LogP contribution in [-0.2, 0) is 6.42 Å². The molecule has 0 fully saturated rings. The Hall–Kier alpha value is -1.75. The molecule has 0 bridgehead atoms. The fraction of sp³-hybridized carbons (Fsp3) is 0.375. The van der Waals surface area contributed by atoms with Crippen molar-refractivity contribution in [2.45, 2.75) is 31.6 Å². The average molecular weight is 303 g/mol. The highest BCUT2D eigenvalue weighted by atomic mass is 32.2. The van der Waals surface area contributed by atoms with Crippen LogP contribution in [-0.4, -0.2) is 22.8 Å². The van der Waals surface area contributed by atoms with Crippen molar-refractivity contribution in [3.63, 3.8) is 0 Å². The summed E-state index contributed by atoms with van der Waals surface area (Å²) in [5, 5.41) is 3.27. The number of benzene rings is 1. The van der Waals surface area contributed by atoms with Crippen molar-refractivity contribution >= 4 is 17.6 Å². The average Bonchev–Trinajstić information content (AvgIpc) is 2.51. The second kappa shape index (κ2) is 7.88. The molecule has 1 heterocycles. The Morgan fingerprint density at radius 1 is 1.14 bits per heavy atom. The summed E-state index contributed by atoms with van der Waals surface area (Å²) >= 11 is 1.71. The van der Waals surface area contributed by atoms with Crippen LogP contribution >= 0.6 is 11.8 Å². The van der Waals surface area contributed by atoms with E-state index in [4.69, 9.17) is 4.74 Å². The van der Waals surface area contributed by atoms with Gasteiger partial charge in [0.05, 0.1) is 5.56 Å². The molecule has 0 spiro atoms. The number of ether oxygens (including phenoxy) is 1. The van der Waals surface area contributed by atoms with Crippen LogP contribution in [0.2, 0.25) is 0 Å². The minimum atomic E-state index is 0.639. The highest BCUT2D eigenvalue weighted by Gasteiger charge is 2.12. The predicted molar refractivity (Wildman–Crippen MR) is 88.5 cm³/mol. The molecule has 112 valence electrons. The van der Waals surface area contributed by atoms with E-state index < -0.39 is 0 Å². The smallest absolute Gasteiger partial charge is 0.227 e. The largest absolute Gasteiger partial charge is 0.439 e. The van der Waals surface area contributed by atoms with Crippen LogP contribution in [0.1, 0.15) is 25.8 Å². The molecule has 0 aliphatic heterocycles. The maximum absolute atomic E-state index is 5.95. The molecule has 0 aliphatic rings. The van der Waals surface area contributed by atoms with Crippen molar-refractivity contribution in [3.8, 4) is 11.6 Å². The van der Waals surface area contributed by atoms with Crippen molar-refractivity contribution < 1.29 is 4.74 Å². The van der Waals surface area contributed by atoms with Crippen LogP contribution in [0, 0.1) is 0 Å². The van der Waals surface area contributed by atoms with Crippen molar-refractivity contribution in [3.05, 3.63) is 36.2 Å². The Labute approximate surface area is 130 Å². The monoisotopic (exact) mass is 303 g/mol. The first-order valence-corrected chi connectivity index (χ1v) is 8.40. The van der Waals surface area contributed by atoms with Gasteiger partial charge in [-0.3, -0.25) is 0 Å². The van der Waals surface area contributed by atoms with Crippen molar-refractivity contribution in [2.75, 3.05) is 18.1 Å². The molecular formula is C16H21N3OS. The van der Waals surface area contributed by atoms with E-state index in [2.05, 4.69) is 35.4 Å². The van der Waals surface area contributed by atoms with E-state index in [0.717, 1.165) is 36.5 Å². The third kappa shape index (κ3) is 4.11. The molecule has 21 heavy (non-hydrogen) atoms. The van der Waals surface area contributed by atoms with E-state index in [1.165, 1.54) is 4.90 Å². The molecule has 1 aromatic carbocycles. The molecule has 0 aliphatic carbocycles. The number of nitrogens with zero attached hydrogens (tertiary/aromatic N) is 2. The Morgan fingerprint density at radius 2 is 1.90 bits per heavy atom. The molecule has 0 saturated carbocycles.